The summed E-state index contributed by atoms with van der Waals surface area (Å²) in [6.07, 6.45) is 6.16. The maximum Gasteiger partial charge on any atom is 0.322 e. The van der Waals surface area contributed by atoms with E-state index in [9.17, 15) is 9.59 Å². The first kappa shape index (κ1) is 10.5. The lowest BCUT2D eigenvalue weighted by molar-refractivity contribution is -0.125. The summed E-state index contributed by atoms with van der Waals surface area (Å²) >= 11 is 0. The van der Waals surface area contributed by atoms with Crippen LogP contribution < -0.4 is 10.6 Å². The van der Waals surface area contributed by atoms with E-state index in [4.69, 9.17) is 0 Å². The molecule has 0 atom stereocenters. The fraction of sp³-hybridized carbons (Fsp3) is 0.818. The highest BCUT2D eigenvalue weighted by molar-refractivity contribution is 6.07. The average Bonchev–Trinajstić information content (AvgIpc) is 2.47. The van der Waals surface area contributed by atoms with Crippen LogP contribution in [0, 0.1) is 5.92 Å². The van der Waals surface area contributed by atoms with E-state index < -0.39 is 5.54 Å². The van der Waals surface area contributed by atoms with Crippen molar-refractivity contribution in [2.45, 2.75) is 51.0 Å². The molecule has 0 aromatic heterocycles. The van der Waals surface area contributed by atoms with Gasteiger partial charge in [0.05, 0.1) is 0 Å². The van der Waals surface area contributed by atoms with Gasteiger partial charge >= 0.3 is 6.03 Å². The van der Waals surface area contributed by atoms with Crippen LogP contribution in [0.4, 0.5) is 4.79 Å². The molecule has 4 heteroatoms. The van der Waals surface area contributed by atoms with Crippen LogP contribution in [-0.4, -0.2) is 17.5 Å². The van der Waals surface area contributed by atoms with Crippen LogP contribution in [-0.2, 0) is 4.79 Å². The van der Waals surface area contributed by atoms with Gasteiger partial charge in [-0.3, -0.25) is 10.1 Å². The Bertz CT molecular complexity index is 280. The Labute approximate surface area is 89.8 Å². The molecule has 0 radical (unpaired) electrons. The monoisotopic (exact) mass is 210 g/mol. The SMILES string of the molecule is CCCC1CCC2(CC1)NC(=O)NC2=O. The summed E-state index contributed by atoms with van der Waals surface area (Å²) in [5.74, 6) is 0.619. The lowest BCUT2D eigenvalue weighted by Crippen LogP contribution is -2.49. The van der Waals surface area contributed by atoms with E-state index in [0.717, 1.165) is 31.6 Å². The summed E-state index contributed by atoms with van der Waals surface area (Å²) in [5, 5.41) is 5.12. The number of imide groups is 1. The molecule has 4 nitrogen and oxygen atoms in total. The van der Waals surface area contributed by atoms with Gasteiger partial charge in [-0.1, -0.05) is 19.8 Å². The Hall–Kier alpha value is -1.06. The fourth-order valence-corrected chi connectivity index (χ4v) is 2.75. The molecule has 1 aliphatic heterocycles. The normalized spacial score (nSPS) is 35.4. The van der Waals surface area contributed by atoms with E-state index >= 15 is 0 Å². The molecule has 0 aromatic rings. The van der Waals surface area contributed by atoms with Crippen molar-refractivity contribution in [3.05, 3.63) is 0 Å². The van der Waals surface area contributed by atoms with E-state index in [1.165, 1.54) is 12.8 Å². The third-order valence-corrected chi connectivity index (χ3v) is 3.67. The van der Waals surface area contributed by atoms with E-state index in [0.29, 0.717) is 0 Å². The van der Waals surface area contributed by atoms with Crippen LogP contribution >= 0.6 is 0 Å². The Morgan fingerprint density at radius 2 is 2.00 bits per heavy atom. The van der Waals surface area contributed by atoms with Gasteiger partial charge in [0.25, 0.3) is 5.91 Å². The van der Waals surface area contributed by atoms with Crippen molar-refractivity contribution in [2.75, 3.05) is 0 Å². The zero-order valence-electron chi connectivity index (χ0n) is 9.14. The summed E-state index contributed by atoms with van der Waals surface area (Å²) in [5.41, 5.74) is -0.568. The van der Waals surface area contributed by atoms with E-state index in [-0.39, 0.29) is 11.9 Å². The highest BCUT2D eigenvalue weighted by atomic mass is 16.2. The molecule has 2 N–H and O–H groups in total. The summed E-state index contributed by atoms with van der Waals surface area (Å²) < 4.78 is 0. The second-order valence-corrected chi connectivity index (χ2v) is 4.72. The Balaban J connectivity index is 1.97. The van der Waals surface area contributed by atoms with Gasteiger partial charge in [0.1, 0.15) is 5.54 Å². The lowest BCUT2D eigenvalue weighted by atomic mass is 9.75. The predicted octanol–water partition coefficient (Wildman–Crippen LogP) is 1.55. The van der Waals surface area contributed by atoms with Gasteiger partial charge in [-0.15, -0.1) is 0 Å². The molecular weight excluding hydrogens is 192 g/mol. The highest BCUT2D eigenvalue weighted by Crippen LogP contribution is 2.35. The summed E-state index contributed by atoms with van der Waals surface area (Å²) in [4.78, 5) is 22.7. The first-order valence-corrected chi connectivity index (χ1v) is 5.80. The maximum absolute atomic E-state index is 11.6. The second kappa shape index (κ2) is 3.83. The van der Waals surface area contributed by atoms with Crippen molar-refractivity contribution in [1.82, 2.24) is 10.6 Å². The Morgan fingerprint density at radius 1 is 1.33 bits per heavy atom. The number of nitrogens with one attached hydrogen (secondary N) is 2. The first-order valence-electron chi connectivity index (χ1n) is 5.80. The smallest absolute Gasteiger partial charge is 0.322 e. The van der Waals surface area contributed by atoms with Crippen LogP contribution in [0.15, 0.2) is 0 Å². The molecule has 1 aliphatic carbocycles. The molecule has 1 saturated heterocycles. The van der Waals surface area contributed by atoms with E-state index in [2.05, 4.69) is 17.6 Å². The molecule has 3 amide bonds. The number of hydrogen-bond acceptors (Lipinski definition) is 2. The van der Waals surface area contributed by atoms with Crippen LogP contribution in [0.2, 0.25) is 0 Å². The summed E-state index contributed by atoms with van der Waals surface area (Å²) in [6.45, 7) is 2.19. The number of carbonyl (C=O) groups is 2. The summed E-state index contributed by atoms with van der Waals surface area (Å²) in [6, 6.07) is -0.325. The molecule has 0 unspecified atom stereocenters. The van der Waals surface area contributed by atoms with Gasteiger partial charge in [0, 0.05) is 0 Å². The minimum atomic E-state index is -0.568. The predicted molar refractivity (Wildman–Crippen MR) is 56.3 cm³/mol. The van der Waals surface area contributed by atoms with Gasteiger partial charge in [0.2, 0.25) is 0 Å². The maximum atomic E-state index is 11.6. The molecule has 0 bridgehead atoms. The van der Waals surface area contributed by atoms with Gasteiger partial charge in [0.15, 0.2) is 0 Å². The van der Waals surface area contributed by atoms with Crippen LogP contribution in [0.25, 0.3) is 0 Å². The quantitative estimate of drug-likeness (QED) is 0.679. The molecule has 0 aromatic carbocycles. The minimum absolute atomic E-state index is 0.123. The molecule has 1 saturated carbocycles. The molecule has 1 heterocycles. The van der Waals surface area contributed by atoms with Crippen LogP contribution in [0.3, 0.4) is 0 Å². The molecule has 15 heavy (non-hydrogen) atoms. The number of carbonyl (C=O) groups excluding carboxylic acids is 2. The van der Waals surface area contributed by atoms with E-state index in [1.54, 1.807) is 0 Å². The standard InChI is InChI=1S/C11H18N2O2/c1-2-3-8-4-6-11(7-5-8)9(14)12-10(15)13-11/h8H,2-7H2,1H3,(H2,12,13,14,15). The average molecular weight is 210 g/mol. The Morgan fingerprint density at radius 3 is 2.47 bits per heavy atom. The van der Waals surface area contributed by atoms with Crippen molar-refractivity contribution in [3.63, 3.8) is 0 Å². The van der Waals surface area contributed by atoms with Crippen molar-refractivity contribution in [3.8, 4) is 0 Å². The van der Waals surface area contributed by atoms with Crippen molar-refractivity contribution in [1.29, 1.82) is 0 Å². The summed E-state index contributed by atoms with van der Waals surface area (Å²) in [7, 11) is 0. The highest BCUT2D eigenvalue weighted by Gasteiger charge is 2.47. The number of hydrogen-bond donors (Lipinski definition) is 2. The largest absolute Gasteiger partial charge is 0.323 e. The Kier molecular flexibility index (Phi) is 2.67. The third-order valence-electron chi connectivity index (χ3n) is 3.67. The zero-order chi connectivity index (χ0) is 10.9. The third kappa shape index (κ3) is 1.85. The van der Waals surface area contributed by atoms with Crippen LogP contribution in [0.1, 0.15) is 45.4 Å². The van der Waals surface area contributed by atoms with Gasteiger partial charge in [-0.2, -0.15) is 0 Å². The minimum Gasteiger partial charge on any atom is -0.323 e. The topological polar surface area (TPSA) is 58.2 Å². The fourth-order valence-electron chi connectivity index (χ4n) is 2.75. The molecular formula is C11H18N2O2. The number of amides is 3. The van der Waals surface area contributed by atoms with E-state index in [1.807, 2.05) is 0 Å². The van der Waals surface area contributed by atoms with Crippen LogP contribution in [0.5, 0.6) is 0 Å². The van der Waals surface area contributed by atoms with Gasteiger partial charge < -0.3 is 5.32 Å². The molecule has 2 aliphatic rings. The number of urea groups is 1. The zero-order valence-corrected chi connectivity index (χ0v) is 9.14. The van der Waals surface area contributed by atoms with Crippen molar-refractivity contribution >= 4 is 11.9 Å². The van der Waals surface area contributed by atoms with Gasteiger partial charge in [-0.05, 0) is 31.6 Å². The van der Waals surface area contributed by atoms with Crippen molar-refractivity contribution in [2.24, 2.45) is 5.92 Å². The van der Waals surface area contributed by atoms with Crippen molar-refractivity contribution < 1.29 is 9.59 Å². The number of rotatable bonds is 2. The molecule has 2 rings (SSSR count). The first-order chi connectivity index (χ1) is 7.16. The molecule has 2 fully saturated rings. The molecule has 1 spiro atoms. The van der Waals surface area contributed by atoms with Gasteiger partial charge in [-0.25, -0.2) is 4.79 Å². The second-order valence-electron chi connectivity index (χ2n) is 4.72. The molecule has 84 valence electrons. The lowest BCUT2D eigenvalue weighted by Gasteiger charge is -2.34.